The van der Waals surface area contributed by atoms with E-state index in [0.717, 1.165) is 55.7 Å². The molecule has 7 aromatic carbocycles. The standard InChI is InChI=1S/C45H29N3O/c1-2-11-30(12-3-1)39-17-7-8-18-40(39)45-47-43(34-25-21-32(22-26-34)38-19-10-15-31-13-4-6-16-37(31)38)46-44(48-45)35-27-23-33(24-28-35)42-29-36-14-5-9-20-41(36)49-42/h1-29H. The minimum Gasteiger partial charge on any atom is -0.456 e. The van der Waals surface area contributed by atoms with Crippen molar-refractivity contribution in [3.05, 3.63) is 176 Å². The lowest BCUT2D eigenvalue weighted by Gasteiger charge is -2.12. The van der Waals surface area contributed by atoms with Crippen LogP contribution in [0.5, 0.6) is 0 Å². The molecule has 0 bridgehead atoms. The molecule has 0 radical (unpaired) electrons. The molecule has 0 spiro atoms. The number of hydrogen-bond acceptors (Lipinski definition) is 4. The lowest BCUT2D eigenvalue weighted by Crippen LogP contribution is -2.01. The Bertz CT molecular complexity index is 2550. The summed E-state index contributed by atoms with van der Waals surface area (Å²) in [4.78, 5) is 15.2. The summed E-state index contributed by atoms with van der Waals surface area (Å²) < 4.78 is 6.13. The molecule has 4 heteroatoms. The molecule has 2 heterocycles. The van der Waals surface area contributed by atoms with Gasteiger partial charge in [-0.1, -0.05) is 164 Å². The van der Waals surface area contributed by atoms with Crippen molar-refractivity contribution in [2.24, 2.45) is 0 Å². The molecule has 0 fully saturated rings. The van der Waals surface area contributed by atoms with Crippen molar-refractivity contribution < 1.29 is 4.42 Å². The number of furan rings is 1. The lowest BCUT2D eigenvalue weighted by molar-refractivity contribution is 0.631. The average Bonchev–Trinajstić information content (AvgIpc) is 3.63. The van der Waals surface area contributed by atoms with Crippen molar-refractivity contribution >= 4 is 21.7 Å². The van der Waals surface area contributed by atoms with Gasteiger partial charge in [0.05, 0.1) is 0 Å². The molecule has 4 nitrogen and oxygen atoms in total. The van der Waals surface area contributed by atoms with Gasteiger partial charge in [-0.2, -0.15) is 0 Å². The second kappa shape index (κ2) is 12.2. The second-order valence-electron chi connectivity index (χ2n) is 12.0. The van der Waals surface area contributed by atoms with E-state index in [1.165, 1.54) is 16.3 Å². The third kappa shape index (κ3) is 5.45. The molecule has 0 aliphatic heterocycles. The zero-order valence-corrected chi connectivity index (χ0v) is 26.5. The van der Waals surface area contributed by atoms with Crippen molar-refractivity contribution in [3.8, 4) is 67.7 Å². The van der Waals surface area contributed by atoms with Gasteiger partial charge in [-0.25, -0.2) is 15.0 Å². The van der Waals surface area contributed by atoms with Crippen LogP contribution in [0.4, 0.5) is 0 Å². The molecule has 0 N–H and O–H groups in total. The van der Waals surface area contributed by atoms with Crippen LogP contribution in [0.15, 0.2) is 180 Å². The van der Waals surface area contributed by atoms with Gasteiger partial charge in [0.1, 0.15) is 11.3 Å². The normalized spacial score (nSPS) is 11.3. The maximum atomic E-state index is 6.13. The maximum absolute atomic E-state index is 6.13. The van der Waals surface area contributed by atoms with Gasteiger partial charge in [-0.15, -0.1) is 0 Å². The van der Waals surface area contributed by atoms with E-state index < -0.39 is 0 Å². The number of rotatable bonds is 6. The Kier molecular flexibility index (Phi) is 7.10. The smallest absolute Gasteiger partial charge is 0.164 e. The summed E-state index contributed by atoms with van der Waals surface area (Å²) in [5.74, 6) is 2.68. The minimum absolute atomic E-state index is 0.608. The molecule has 49 heavy (non-hydrogen) atoms. The van der Waals surface area contributed by atoms with Gasteiger partial charge in [0, 0.05) is 27.6 Å². The van der Waals surface area contributed by atoms with Crippen LogP contribution >= 0.6 is 0 Å². The fourth-order valence-corrected chi connectivity index (χ4v) is 6.49. The van der Waals surface area contributed by atoms with E-state index in [0.29, 0.717) is 17.5 Å². The van der Waals surface area contributed by atoms with Crippen LogP contribution in [0.25, 0.3) is 89.5 Å². The van der Waals surface area contributed by atoms with Crippen molar-refractivity contribution in [1.29, 1.82) is 0 Å². The summed E-state index contributed by atoms with van der Waals surface area (Å²) in [6, 6.07) is 60.5. The summed E-state index contributed by atoms with van der Waals surface area (Å²) in [7, 11) is 0. The Morgan fingerprint density at radius 1 is 0.327 bits per heavy atom. The monoisotopic (exact) mass is 627 g/mol. The van der Waals surface area contributed by atoms with E-state index in [-0.39, 0.29) is 0 Å². The first-order chi connectivity index (χ1) is 24.3. The minimum atomic E-state index is 0.608. The summed E-state index contributed by atoms with van der Waals surface area (Å²) in [5.41, 5.74) is 9.15. The zero-order valence-electron chi connectivity index (χ0n) is 26.5. The third-order valence-electron chi connectivity index (χ3n) is 8.99. The van der Waals surface area contributed by atoms with Gasteiger partial charge >= 0.3 is 0 Å². The zero-order chi connectivity index (χ0) is 32.6. The van der Waals surface area contributed by atoms with E-state index >= 15 is 0 Å². The van der Waals surface area contributed by atoms with E-state index in [1.807, 2.05) is 30.3 Å². The molecule has 0 saturated heterocycles. The molecule has 230 valence electrons. The maximum Gasteiger partial charge on any atom is 0.164 e. The van der Waals surface area contributed by atoms with Crippen molar-refractivity contribution in [3.63, 3.8) is 0 Å². The van der Waals surface area contributed by atoms with Gasteiger partial charge in [-0.05, 0) is 45.2 Å². The van der Waals surface area contributed by atoms with Gasteiger partial charge in [-0.3, -0.25) is 0 Å². The van der Waals surface area contributed by atoms with Crippen molar-refractivity contribution in [1.82, 2.24) is 15.0 Å². The molecular weight excluding hydrogens is 599 g/mol. The fourth-order valence-electron chi connectivity index (χ4n) is 6.49. The van der Waals surface area contributed by atoms with Crippen LogP contribution in [0.3, 0.4) is 0 Å². The van der Waals surface area contributed by atoms with Crippen LogP contribution in [0.2, 0.25) is 0 Å². The topological polar surface area (TPSA) is 51.8 Å². The highest BCUT2D eigenvalue weighted by Crippen LogP contribution is 2.35. The van der Waals surface area contributed by atoms with Crippen LogP contribution in [0.1, 0.15) is 0 Å². The molecule has 0 atom stereocenters. The highest BCUT2D eigenvalue weighted by atomic mass is 16.3. The van der Waals surface area contributed by atoms with E-state index in [9.17, 15) is 0 Å². The van der Waals surface area contributed by atoms with Gasteiger partial charge in [0.2, 0.25) is 0 Å². The Balaban J connectivity index is 1.15. The SMILES string of the molecule is c1ccc(-c2ccccc2-c2nc(-c3ccc(-c4cc5ccccc5o4)cc3)nc(-c3ccc(-c4cccc5ccccc45)cc3)n2)cc1. The quantitative estimate of drug-likeness (QED) is 0.184. The predicted molar refractivity (Wildman–Crippen MR) is 200 cm³/mol. The van der Waals surface area contributed by atoms with Crippen molar-refractivity contribution in [2.75, 3.05) is 0 Å². The van der Waals surface area contributed by atoms with Gasteiger partial charge in [0.25, 0.3) is 0 Å². The molecule has 0 amide bonds. The molecular formula is C45H29N3O. The summed E-state index contributed by atoms with van der Waals surface area (Å²) >= 11 is 0. The number of fused-ring (bicyclic) bond motifs is 2. The molecule has 0 saturated carbocycles. The van der Waals surface area contributed by atoms with Crippen LogP contribution in [-0.2, 0) is 0 Å². The summed E-state index contributed by atoms with van der Waals surface area (Å²) in [6.45, 7) is 0. The molecule has 9 aromatic rings. The molecule has 0 unspecified atom stereocenters. The first-order valence-electron chi connectivity index (χ1n) is 16.4. The Morgan fingerprint density at radius 2 is 0.837 bits per heavy atom. The van der Waals surface area contributed by atoms with Gasteiger partial charge < -0.3 is 4.42 Å². The van der Waals surface area contributed by atoms with Gasteiger partial charge in [0.15, 0.2) is 17.5 Å². The largest absolute Gasteiger partial charge is 0.456 e. The highest BCUT2D eigenvalue weighted by Gasteiger charge is 2.16. The summed E-state index contributed by atoms with van der Waals surface area (Å²) in [5, 5.41) is 3.53. The van der Waals surface area contributed by atoms with E-state index in [1.54, 1.807) is 0 Å². The number of hydrogen-bond donors (Lipinski definition) is 0. The predicted octanol–water partition coefficient (Wildman–Crippen LogP) is 11.8. The molecule has 0 aliphatic rings. The molecule has 0 aliphatic carbocycles. The molecule has 2 aromatic heterocycles. The molecule has 9 rings (SSSR count). The first-order valence-corrected chi connectivity index (χ1v) is 16.4. The van der Waals surface area contributed by atoms with E-state index in [2.05, 4.69) is 146 Å². The Hall–Kier alpha value is -6.65. The number of benzene rings is 7. The van der Waals surface area contributed by atoms with Crippen molar-refractivity contribution in [2.45, 2.75) is 0 Å². The van der Waals surface area contributed by atoms with Crippen LogP contribution in [0, 0.1) is 0 Å². The first kappa shape index (κ1) is 28.6. The lowest BCUT2D eigenvalue weighted by atomic mass is 9.97. The summed E-state index contributed by atoms with van der Waals surface area (Å²) in [6.07, 6.45) is 0. The third-order valence-corrected chi connectivity index (χ3v) is 8.99. The Labute approximate surface area is 284 Å². The van der Waals surface area contributed by atoms with E-state index in [4.69, 9.17) is 19.4 Å². The van der Waals surface area contributed by atoms with Crippen LogP contribution < -0.4 is 0 Å². The van der Waals surface area contributed by atoms with Crippen LogP contribution in [-0.4, -0.2) is 15.0 Å². The number of aromatic nitrogens is 3. The highest BCUT2D eigenvalue weighted by molar-refractivity contribution is 5.97. The Morgan fingerprint density at radius 3 is 1.57 bits per heavy atom. The second-order valence-corrected chi connectivity index (χ2v) is 12.0. The number of para-hydroxylation sites is 1. The average molecular weight is 628 g/mol. The fraction of sp³-hybridized carbons (Fsp3) is 0. The number of nitrogens with zero attached hydrogens (tertiary/aromatic N) is 3.